The van der Waals surface area contributed by atoms with Crippen LogP contribution in [0.1, 0.15) is 98.8 Å². The molecule has 14 nitrogen and oxygen atoms in total. The average Bonchev–Trinajstić information content (AvgIpc) is 3.39. The van der Waals surface area contributed by atoms with E-state index in [0.29, 0.717) is 25.7 Å². The zero-order valence-electron chi connectivity index (χ0n) is 31.8. The first-order valence-electron chi connectivity index (χ1n) is 19.7. The lowest BCUT2D eigenvalue weighted by atomic mass is 9.46. The normalized spacial score (nSPS) is 49.5. The van der Waals surface area contributed by atoms with Crippen LogP contribution in [0.25, 0.3) is 0 Å². The molecule has 0 unspecified atom stereocenters. The summed E-state index contributed by atoms with van der Waals surface area (Å²) in [7, 11) is 0. The number of ketones is 1. The second-order valence-electron chi connectivity index (χ2n) is 18.3. The average molecular weight is 757 g/mol. The van der Waals surface area contributed by atoms with E-state index in [0.717, 1.165) is 44.1 Å². The largest absolute Gasteiger partial charge is 0.394 e. The molecule has 0 aromatic carbocycles. The van der Waals surface area contributed by atoms with Gasteiger partial charge < -0.3 is 64.9 Å². The van der Waals surface area contributed by atoms with Gasteiger partial charge in [0.1, 0.15) is 48.8 Å². The van der Waals surface area contributed by atoms with Crippen molar-refractivity contribution in [1.29, 1.82) is 0 Å². The summed E-state index contributed by atoms with van der Waals surface area (Å²) in [5.41, 5.74) is -1.65. The monoisotopic (exact) mass is 756 g/mol. The fourth-order valence-electron chi connectivity index (χ4n) is 11.3. The van der Waals surface area contributed by atoms with Crippen LogP contribution in [-0.2, 0) is 23.7 Å². The molecular formula is C39H64O14. The molecule has 304 valence electrons. The third-order valence-corrected chi connectivity index (χ3v) is 14.7. The third-order valence-electron chi connectivity index (χ3n) is 14.7. The fourth-order valence-corrected chi connectivity index (χ4v) is 11.3. The van der Waals surface area contributed by atoms with Crippen molar-refractivity contribution in [2.24, 2.45) is 34.5 Å². The minimum absolute atomic E-state index is 0.0454. The number of aliphatic hydroxyl groups is 9. The first-order valence-corrected chi connectivity index (χ1v) is 19.7. The summed E-state index contributed by atoms with van der Waals surface area (Å²) in [5, 5.41) is 95.1. The van der Waals surface area contributed by atoms with Crippen molar-refractivity contribution in [3.8, 4) is 0 Å². The minimum Gasteiger partial charge on any atom is -0.394 e. The predicted molar refractivity (Wildman–Crippen MR) is 188 cm³/mol. The number of allylic oxidation sites excluding steroid dienone is 1. The van der Waals surface area contributed by atoms with E-state index in [1.165, 1.54) is 0 Å². The van der Waals surface area contributed by atoms with E-state index < -0.39 is 91.9 Å². The van der Waals surface area contributed by atoms with Gasteiger partial charge in [-0.3, -0.25) is 4.79 Å². The summed E-state index contributed by atoms with van der Waals surface area (Å²) in [4.78, 5) is 13.5. The van der Waals surface area contributed by atoms with Crippen LogP contribution in [0, 0.1) is 34.5 Å². The van der Waals surface area contributed by atoms with Crippen molar-refractivity contribution in [3.63, 3.8) is 0 Å². The topological polar surface area (TPSA) is 236 Å². The van der Waals surface area contributed by atoms with E-state index in [-0.39, 0.29) is 40.3 Å². The molecule has 0 spiro atoms. The van der Waals surface area contributed by atoms with Crippen LogP contribution in [0.15, 0.2) is 11.6 Å². The fraction of sp³-hybridized carbons (Fsp3) is 0.923. The smallest absolute Gasteiger partial charge is 0.187 e. The molecule has 2 aliphatic heterocycles. The highest BCUT2D eigenvalue weighted by atomic mass is 16.8. The molecule has 0 aromatic heterocycles. The van der Waals surface area contributed by atoms with Crippen LogP contribution in [0.3, 0.4) is 0 Å². The van der Waals surface area contributed by atoms with Crippen molar-refractivity contribution in [3.05, 3.63) is 11.6 Å². The van der Waals surface area contributed by atoms with Crippen molar-refractivity contribution in [1.82, 2.24) is 0 Å². The Kier molecular flexibility index (Phi) is 12.0. The van der Waals surface area contributed by atoms with Gasteiger partial charge in [0.15, 0.2) is 18.4 Å². The number of carbonyl (C=O) groups excluding carboxylic acids is 1. The number of ether oxygens (including phenoxy) is 4. The van der Waals surface area contributed by atoms with Crippen molar-refractivity contribution in [2.75, 3.05) is 13.2 Å². The number of fused-ring (bicyclic) bond motifs is 5. The van der Waals surface area contributed by atoms with Crippen LogP contribution in [0.5, 0.6) is 0 Å². The molecule has 6 rings (SSSR count). The molecule has 6 aliphatic rings. The summed E-state index contributed by atoms with van der Waals surface area (Å²) in [6.07, 6.45) is -6.59. The molecule has 9 N–H and O–H groups in total. The molecule has 2 saturated heterocycles. The molecular weight excluding hydrogens is 692 g/mol. The Morgan fingerprint density at radius 1 is 0.849 bits per heavy atom. The molecule has 4 aliphatic carbocycles. The Labute approximate surface area is 312 Å². The molecule has 2 heterocycles. The third kappa shape index (κ3) is 7.21. The van der Waals surface area contributed by atoms with Crippen LogP contribution in [0.2, 0.25) is 0 Å². The SMILES string of the molecule is C[C@H](CCCC(C)(C)O[C@@H]1O[C@H](CO)[C@@H](O)[C@H](O)[C@H]1O[C@@H]1O[C@H](CO)[C@@H](O)[C@H](O)[C@H]1O)[C@H]1CC[C@@]2(O)C3=CC(=O)[C@H]4C[C@@H](O)CC[C@]4(C)[C@H]3CC[C@]12C. The Hall–Kier alpha value is -1.11. The maximum absolute atomic E-state index is 13.5. The van der Waals surface area contributed by atoms with Crippen molar-refractivity contribution >= 4 is 5.78 Å². The van der Waals surface area contributed by atoms with Crippen LogP contribution < -0.4 is 0 Å². The summed E-state index contributed by atoms with van der Waals surface area (Å²) >= 11 is 0. The predicted octanol–water partition coefficient (Wildman–Crippen LogP) is 0.446. The van der Waals surface area contributed by atoms with Gasteiger partial charge in [0.2, 0.25) is 0 Å². The van der Waals surface area contributed by atoms with Gasteiger partial charge in [-0.05, 0) is 100 Å². The number of hydrogen-bond donors (Lipinski definition) is 9. The summed E-state index contributed by atoms with van der Waals surface area (Å²) in [6.45, 7) is 9.00. The van der Waals surface area contributed by atoms with Crippen LogP contribution in [0.4, 0.5) is 0 Å². The Morgan fingerprint density at radius 2 is 1.49 bits per heavy atom. The molecule has 0 aromatic rings. The van der Waals surface area contributed by atoms with Gasteiger partial charge in [-0.15, -0.1) is 0 Å². The summed E-state index contributed by atoms with van der Waals surface area (Å²) in [5.74, 6) is 0.448. The van der Waals surface area contributed by atoms with E-state index in [2.05, 4.69) is 20.8 Å². The van der Waals surface area contributed by atoms with E-state index in [1.807, 2.05) is 13.8 Å². The highest BCUT2D eigenvalue weighted by Crippen LogP contribution is 2.68. The van der Waals surface area contributed by atoms with Gasteiger partial charge in [-0.25, -0.2) is 0 Å². The Bertz CT molecular complexity index is 1340. The maximum Gasteiger partial charge on any atom is 0.187 e. The lowest BCUT2D eigenvalue weighted by molar-refractivity contribution is -0.377. The second-order valence-corrected chi connectivity index (χ2v) is 18.3. The maximum atomic E-state index is 13.5. The lowest BCUT2D eigenvalue weighted by Crippen LogP contribution is -2.65. The first-order chi connectivity index (χ1) is 24.8. The summed E-state index contributed by atoms with van der Waals surface area (Å²) in [6, 6.07) is 0. The standard InChI is InChI=1S/C39H64O14/c1-19(21-10-14-39(49)23-16-25(43)24-15-20(42)8-12-37(24,4)22(23)9-13-38(21,39)5)7-6-11-36(2,3)53-35-33(31(47)29(45)27(18-41)51-35)52-34-32(48)30(46)28(44)26(17-40)50-34/h16,19-22,24,26-35,40-42,44-49H,6-15,17-18H2,1-5H3/t19-,20+,21-,22+,24-,26-,27-,28-,29-,30+,31+,32-,33-,34+,35+,37-,38-,39-/m1/s1. The van der Waals surface area contributed by atoms with Crippen LogP contribution in [-0.4, -0.2) is 144 Å². The van der Waals surface area contributed by atoms with Gasteiger partial charge in [-0.2, -0.15) is 0 Å². The number of aliphatic hydroxyl groups excluding tert-OH is 8. The molecule has 0 radical (unpaired) electrons. The molecule has 18 atom stereocenters. The quantitative estimate of drug-likeness (QED) is 0.139. The van der Waals surface area contributed by atoms with E-state index in [1.54, 1.807) is 6.08 Å². The van der Waals surface area contributed by atoms with Gasteiger partial charge in [0.05, 0.1) is 30.5 Å². The molecule has 5 fully saturated rings. The molecule has 53 heavy (non-hydrogen) atoms. The van der Waals surface area contributed by atoms with E-state index in [9.17, 15) is 50.8 Å². The summed E-state index contributed by atoms with van der Waals surface area (Å²) < 4.78 is 23.5. The van der Waals surface area contributed by atoms with E-state index in [4.69, 9.17) is 18.9 Å². The molecule has 0 bridgehead atoms. The molecule has 3 saturated carbocycles. The number of hydrogen-bond acceptors (Lipinski definition) is 14. The lowest BCUT2D eigenvalue weighted by Gasteiger charge is -2.59. The molecule has 0 amide bonds. The van der Waals surface area contributed by atoms with Gasteiger partial charge in [0.25, 0.3) is 0 Å². The number of carbonyl (C=O) groups is 1. The number of rotatable bonds is 11. The minimum atomic E-state index is -1.76. The zero-order valence-corrected chi connectivity index (χ0v) is 31.8. The second kappa shape index (κ2) is 15.3. The van der Waals surface area contributed by atoms with E-state index >= 15 is 0 Å². The highest BCUT2D eigenvalue weighted by Gasteiger charge is 2.66. The van der Waals surface area contributed by atoms with Crippen LogP contribution >= 0.6 is 0 Å². The van der Waals surface area contributed by atoms with Gasteiger partial charge in [-0.1, -0.05) is 33.6 Å². The van der Waals surface area contributed by atoms with Gasteiger partial charge in [0, 0.05) is 11.3 Å². The highest BCUT2D eigenvalue weighted by molar-refractivity contribution is 5.95. The Morgan fingerprint density at radius 3 is 2.15 bits per heavy atom. The van der Waals surface area contributed by atoms with Gasteiger partial charge >= 0.3 is 0 Å². The first kappa shape index (κ1) is 41.5. The molecule has 14 heteroatoms. The Balaban J connectivity index is 1.10. The van der Waals surface area contributed by atoms with Crippen molar-refractivity contribution < 1.29 is 69.7 Å². The zero-order chi connectivity index (χ0) is 38.8. The van der Waals surface area contributed by atoms with Crippen molar-refractivity contribution in [2.45, 2.75) is 178 Å².